The Kier molecular flexibility index (Phi) is 6.39. The molecular formula is C21H18Cl2N2O3. The molecule has 1 aromatic heterocycles. The summed E-state index contributed by atoms with van der Waals surface area (Å²) in [5.74, 6) is 0.248. The third-order valence-corrected chi connectivity index (χ3v) is 4.76. The van der Waals surface area contributed by atoms with Gasteiger partial charge >= 0.3 is 0 Å². The second-order valence-electron chi connectivity index (χ2n) is 6.02. The fourth-order valence-corrected chi connectivity index (χ4v) is 2.99. The van der Waals surface area contributed by atoms with Crippen molar-refractivity contribution >= 4 is 34.8 Å². The summed E-state index contributed by atoms with van der Waals surface area (Å²) < 4.78 is 6.97. The summed E-state index contributed by atoms with van der Waals surface area (Å²) in [5, 5.41) is 3.68. The molecule has 0 saturated carbocycles. The van der Waals surface area contributed by atoms with Gasteiger partial charge in [-0.05, 0) is 42.8 Å². The first kappa shape index (κ1) is 20.0. The number of hydrogen-bond donors (Lipinski definition) is 1. The molecule has 144 valence electrons. The van der Waals surface area contributed by atoms with E-state index >= 15 is 0 Å². The van der Waals surface area contributed by atoms with Crippen molar-refractivity contribution in [1.82, 2.24) is 4.57 Å². The number of carbonyl (C=O) groups is 1. The third kappa shape index (κ3) is 4.74. The number of benzene rings is 2. The largest absolute Gasteiger partial charge is 0.492 e. The lowest BCUT2D eigenvalue weighted by Gasteiger charge is -2.12. The van der Waals surface area contributed by atoms with E-state index in [-0.39, 0.29) is 18.0 Å². The molecular weight excluding hydrogens is 399 g/mol. The van der Waals surface area contributed by atoms with Crippen LogP contribution in [0.5, 0.6) is 5.75 Å². The molecule has 0 saturated heterocycles. The van der Waals surface area contributed by atoms with Crippen molar-refractivity contribution in [3.63, 3.8) is 0 Å². The SMILES string of the molecule is CCOc1ccccc1NC(=O)c1ccc(=O)n(Cc2ccc(Cl)c(Cl)c2)c1. The lowest BCUT2D eigenvalue weighted by Crippen LogP contribution is -2.22. The van der Waals surface area contributed by atoms with E-state index in [2.05, 4.69) is 5.32 Å². The summed E-state index contributed by atoms with van der Waals surface area (Å²) in [7, 11) is 0. The third-order valence-electron chi connectivity index (χ3n) is 4.02. The number of halogens is 2. The fourth-order valence-electron chi connectivity index (χ4n) is 2.67. The minimum atomic E-state index is -0.338. The maximum Gasteiger partial charge on any atom is 0.257 e. The Morgan fingerprint density at radius 1 is 1.07 bits per heavy atom. The van der Waals surface area contributed by atoms with Gasteiger partial charge in [-0.1, -0.05) is 41.4 Å². The minimum absolute atomic E-state index is 0.225. The number of nitrogens with one attached hydrogen (secondary N) is 1. The van der Waals surface area contributed by atoms with Crippen LogP contribution in [0.1, 0.15) is 22.8 Å². The van der Waals surface area contributed by atoms with Gasteiger partial charge in [0.05, 0.1) is 34.4 Å². The second-order valence-corrected chi connectivity index (χ2v) is 6.83. The number of rotatable bonds is 6. The second kappa shape index (κ2) is 8.95. The molecule has 0 fully saturated rings. The quantitative estimate of drug-likeness (QED) is 0.624. The van der Waals surface area contributed by atoms with Gasteiger partial charge in [-0.3, -0.25) is 9.59 Å². The highest BCUT2D eigenvalue weighted by atomic mass is 35.5. The Hall–Kier alpha value is -2.76. The van der Waals surface area contributed by atoms with Crippen molar-refractivity contribution in [3.05, 3.63) is 92.3 Å². The van der Waals surface area contributed by atoms with Crippen LogP contribution in [0.15, 0.2) is 65.6 Å². The smallest absolute Gasteiger partial charge is 0.257 e. The highest BCUT2D eigenvalue weighted by Crippen LogP contribution is 2.25. The molecule has 3 rings (SSSR count). The molecule has 2 aromatic carbocycles. The van der Waals surface area contributed by atoms with E-state index in [1.807, 2.05) is 19.1 Å². The lowest BCUT2D eigenvalue weighted by molar-refractivity contribution is 0.102. The molecule has 28 heavy (non-hydrogen) atoms. The molecule has 0 spiro atoms. The molecule has 7 heteroatoms. The van der Waals surface area contributed by atoms with Crippen LogP contribution in [0.25, 0.3) is 0 Å². The van der Waals surface area contributed by atoms with Crippen LogP contribution >= 0.6 is 23.2 Å². The molecule has 0 radical (unpaired) electrons. The van der Waals surface area contributed by atoms with Crippen molar-refractivity contribution < 1.29 is 9.53 Å². The molecule has 5 nitrogen and oxygen atoms in total. The van der Waals surface area contributed by atoms with Gasteiger partial charge in [-0.15, -0.1) is 0 Å². The van der Waals surface area contributed by atoms with Crippen LogP contribution in [0, 0.1) is 0 Å². The molecule has 1 heterocycles. The van der Waals surface area contributed by atoms with E-state index < -0.39 is 0 Å². The van der Waals surface area contributed by atoms with E-state index in [9.17, 15) is 9.59 Å². The monoisotopic (exact) mass is 416 g/mol. The van der Waals surface area contributed by atoms with Crippen LogP contribution in [-0.4, -0.2) is 17.1 Å². The molecule has 1 amide bonds. The zero-order valence-electron chi connectivity index (χ0n) is 15.1. The predicted octanol–water partition coefficient (Wildman–Crippen LogP) is 4.85. The van der Waals surface area contributed by atoms with Crippen LogP contribution in [0.4, 0.5) is 5.69 Å². The Balaban J connectivity index is 1.83. The van der Waals surface area contributed by atoms with E-state index in [0.717, 1.165) is 5.56 Å². The van der Waals surface area contributed by atoms with E-state index in [1.165, 1.54) is 22.9 Å². The van der Waals surface area contributed by atoms with Gasteiger partial charge < -0.3 is 14.6 Å². The molecule has 0 bridgehead atoms. The van der Waals surface area contributed by atoms with Crippen molar-refractivity contribution in [2.75, 3.05) is 11.9 Å². The lowest BCUT2D eigenvalue weighted by atomic mass is 10.2. The normalized spacial score (nSPS) is 10.5. The number of pyridine rings is 1. The van der Waals surface area contributed by atoms with Crippen molar-refractivity contribution in [1.29, 1.82) is 0 Å². The molecule has 0 aliphatic carbocycles. The standard InChI is InChI=1S/C21H18Cl2N2O3/c1-2-28-19-6-4-3-5-18(19)24-21(27)15-8-10-20(26)25(13-15)12-14-7-9-16(22)17(23)11-14/h3-11,13H,2,12H2,1H3,(H,24,27). The first-order chi connectivity index (χ1) is 13.5. The van der Waals surface area contributed by atoms with Gasteiger partial charge in [0.15, 0.2) is 0 Å². The molecule has 0 atom stereocenters. The summed E-state index contributed by atoms with van der Waals surface area (Å²) in [6, 6.07) is 15.2. The Bertz CT molecular complexity index is 1060. The van der Waals surface area contributed by atoms with Gasteiger partial charge in [0.2, 0.25) is 0 Å². The maximum absolute atomic E-state index is 12.7. The van der Waals surface area contributed by atoms with Gasteiger partial charge in [-0.25, -0.2) is 0 Å². The average molecular weight is 417 g/mol. The average Bonchev–Trinajstić information content (AvgIpc) is 2.68. The van der Waals surface area contributed by atoms with Crippen LogP contribution in [0.2, 0.25) is 10.0 Å². The van der Waals surface area contributed by atoms with Gasteiger partial charge in [0.25, 0.3) is 11.5 Å². The summed E-state index contributed by atoms with van der Waals surface area (Å²) >= 11 is 12.0. The van der Waals surface area contributed by atoms with Gasteiger partial charge in [0.1, 0.15) is 5.75 Å². The van der Waals surface area contributed by atoms with Crippen LogP contribution < -0.4 is 15.6 Å². The number of amides is 1. The topological polar surface area (TPSA) is 60.3 Å². The zero-order chi connectivity index (χ0) is 20.1. The highest BCUT2D eigenvalue weighted by Gasteiger charge is 2.11. The number of aromatic nitrogens is 1. The predicted molar refractivity (Wildman–Crippen MR) is 112 cm³/mol. The number of para-hydroxylation sites is 2. The summed E-state index contributed by atoms with van der Waals surface area (Å²) in [5.41, 5.74) is 1.50. The molecule has 0 aliphatic heterocycles. The fraction of sp³-hybridized carbons (Fsp3) is 0.143. The van der Waals surface area contributed by atoms with Gasteiger partial charge in [0, 0.05) is 12.3 Å². The number of carbonyl (C=O) groups excluding carboxylic acids is 1. The summed E-state index contributed by atoms with van der Waals surface area (Å²) in [6.07, 6.45) is 1.52. The summed E-state index contributed by atoms with van der Waals surface area (Å²) in [4.78, 5) is 24.9. The van der Waals surface area contributed by atoms with Crippen molar-refractivity contribution in [2.45, 2.75) is 13.5 Å². The van der Waals surface area contributed by atoms with Crippen LogP contribution in [-0.2, 0) is 6.54 Å². The highest BCUT2D eigenvalue weighted by molar-refractivity contribution is 6.42. The number of hydrogen-bond acceptors (Lipinski definition) is 3. The zero-order valence-corrected chi connectivity index (χ0v) is 16.6. The van der Waals surface area contributed by atoms with Gasteiger partial charge in [-0.2, -0.15) is 0 Å². The molecule has 0 aliphatic rings. The van der Waals surface area contributed by atoms with Crippen LogP contribution in [0.3, 0.4) is 0 Å². The van der Waals surface area contributed by atoms with E-state index in [1.54, 1.807) is 30.3 Å². The molecule has 0 unspecified atom stereocenters. The number of nitrogens with zero attached hydrogens (tertiary/aromatic N) is 1. The van der Waals surface area contributed by atoms with Crippen molar-refractivity contribution in [3.8, 4) is 5.75 Å². The Morgan fingerprint density at radius 3 is 2.61 bits per heavy atom. The van der Waals surface area contributed by atoms with E-state index in [4.69, 9.17) is 27.9 Å². The summed E-state index contributed by atoms with van der Waals surface area (Å²) in [6.45, 7) is 2.63. The number of anilines is 1. The minimum Gasteiger partial charge on any atom is -0.492 e. The van der Waals surface area contributed by atoms with E-state index in [0.29, 0.717) is 33.7 Å². The molecule has 3 aromatic rings. The Labute approximate surface area is 172 Å². The van der Waals surface area contributed by atoms with Crippen molar-refractivity contribution in [2.24, 2.45) is 0 Å². The number of ether oxygens (including phenoxy) is 1. The first-order valence-corrected chi connectivity index (χ1v) is 9.41. The Morgan fingerprint density at radius 2 is 1.86 bits per heavy atom. The molecule has 1 N–H and O–H groups in total. The maximum atomic E-state index is 12.7. The first-order valence-electron chi connectivity index (χ1n) is 8.65.